The predicted octanol–water partition coefficient (Wildman–Crippen LogP) is 1.97. The molecule has 0 aromatic heterocycles. The first-order chi connectivity index (χ1) is 7.08. The van der Waals surface area contributed by atoms with E-state index in [9.17, 15) is 8.42 Å². The molecule has 1 aliphatic heterocycles. The third-order valence-electron chi connectivity index (χ3n) is 1.68. The van der Waals surface area contributed by atoms with E-state index in [1.807, 2.05) is 0 Å². The molecule has 1 heterocycles. The summed E-state index contributed by atoms with van der Waals surface area (Å²) in [6.07, 6.45) is 1.18. The van der Waals surface area contributed by atoms with Crippen LogP contribution in [0.25, 0.3) is 0 Å². The van der Waals surface area contributed by atoms with Crippen molar-refractivity contribution in [2.75, 3.05) is 0 Å². The van der Waals surface area contributed by atoms with Crippen LogP contribution >= 0.6 is 11.6 Å². The Balaban J connectivity index is 2.21. The lowest BCUT2D eigenvalue weighted by Crippen LogP contribution is -2.15. The minimum atomic E-state index is -3.48. The number of rotatable bonds is 1. The molecule has 0 aliphatic carbocycles. The Bertz CT molecular complexity index is 531. The first kappa shape index (κ1) is 10.2. The fraction of sp³-hybridized carbons (Fsp3) is 0. The standard InChI is InChI=1S/C9H6ClNO3S/c10-7-1-3-8(4-2-7)14-9-11-5-6-15(9,12)13/h1-6H. The van der Waals surface area contributed by atoms with Gasteiger partial charge in [0.15, 0.2) is 0 Å². The minimum absolute atomic E-state index is 0.315. The van der Waals surface area contributed by atoms with Crippen molar-refractivity contribution in [1.82, 2.24) is 0 Å². The quantitative estimate of drug-likeness (QED) is 0.758. The number of hydrogen-bond donors (Lipinski definition) is 0. The zero-order valence-corrected chi connectivity index (χ0v) is 8.99. The van der Waals surface area contributed by atoms with Crippen LogP contribution in [0.5, 0.6) is 5.75 Å². The molecule has 0 saturated heterocycles. The maximum absolute atomic E-state index is 11.3. The Labute approximate surface area is 91.8 Å². The Morgan fingerprint density at radius 2 is 1.87 bits per heavy atom. The van der Waals surface area contributed by atoms with Crippen molar-refractivity contribution in [3.63, 3.8) is 0 Å². The topological polar surface area (TPSA) is 55.7 Å². The second-order valence-corrected chi connectivity index (χ2v) is 4.93. The van der Waals surface area contributed by atoms with E-state index in [4.69, 9.17) is 16.3 Å². The minimum Gasteiger partial charge on any atom is -0.430 e. The number of halogens is 1. The lowest BCUT2D eigenvalue weighted by Gasteiger charge is -2.03. The summed E-state index contributed by atoms with van der Waals surface area (Å²) in [7, 11) is -3.48. The molecule has 0 amide bonds. The Morgan fingerprint density at radius 3 is 2.40 bits per heavy atom. The molecular weight excluding hydrogens is 238 g/mol. The number of sulfone groups is 1. The van der Waals surface area contributed by atoms with Crippen molar-refractivity contribution in [1.29, 1.82) is 0 Å². The molecule has 1 aliphatic rings. The van der Waals surface area contributed by atoms with Crippen molar-refractivity contribution in [3.05, 3.63) is 40.9 Å². The zero-order valence-electron chi connectivity index (χ0n) is 7.42. The molecule has 0 bridgehead atoms. The van der Waals surface area contributed by atoms with E-state index in [1.165, 1.54) is 6.20 Å². The maximum atomic E-state index is 11.3. The molecule has 0 radical (unpaired) electrons. The van der Waals surface area contributed by atoms with Crippen LogP contribution < -0.4 is 4.74 Å². The van der Waals surface area contributed by atoms with Gasteiger partial charge < -0.3 is 4.74 Å². The largest absolute Gasteiger partial charge is 0.430 e. The molecule has 0 fully saturated rings. The van der Waals surface area contributed by atoms with Crippen LogP contribution in [0.4, 0.5) is 0 Å². The van der Waals surface area contributed by atoms with Gasteiger partial charge in [0.2, 0.25) is 0 Å². The Hall–Kier alpha value is -1.33. The summed E-state index contributed by atoms with van der Waals surface area (Å²) in [5.74, 6) is 0.380. The van der Waals surface area contributed by atoms with Crippen molar-refractivity contribution < 1.29 is 13.2 Å². The van der Waals surface area contributed by atoms with Crippen molar-refractivity contribution in [2.24, 2.45) is 4.99 Å². The number of hydrogen-bond acceptors (Lipinski definition) is 4. The second-order valence-electron chi connectivity index (χ2n) is 2.78. The average Bonchev–Trinajstić information content (AvgIpc) is 2.50. The van der Waals surface area contributed by atoms with Crippen LogP contribution in [0.1, 0.15) is 0 Å². The molecule has 0 unspecified atom stereocenters. The monoisotopic (exact) mass is 243 g/mol. The van der Waals surface area contributed by atoms with Crippen LogP contribution in [0.2, 0.25) is 5.02 Å². The van der Waals surface area contributed by atoms with Gasteiger partial charge in [-0.3, -0.25) is 0 Å². The van der Waals surface area contributed by atoms with E-state index < -0.39 is 9.84 Å². The second kappa shape index (κ2) is 3.67. The fourth-order valence-corrected chi connectivity index (χ4v) is 1.87. The van der Waals surface area contributed by atoms with E-state index in [2.05, 4.69) is 4.99 Å². The van der Waals surface area contributed by atoms with Gasteiger partial charge in [0, 0.05) is 11.2 Å². The fourth-order valence-electron chi connectivity index (χ4n) is 0.991. The van der Waals surface area contributed by atoms with Gasteiger partial charge in [0.05, 0.1) is 5.41 Å². The summed E-state index contributed by atoms with van der Waals surface area (Å²) >= 11 is 5.67. The number of nitrogens with zero attached hydrogens (tertiary/aromatic N) is 1. The van der Waals surface area contributed by atoms with Gasteiger partial charge in [-0.2, -0.15) is 0 Å². The molecule has 0 spiro atoms. The van der Waals surface area contributed by atoms with Gasteiger partial charge in [-0.15, -0.1) is 0 Å². The third-order valence-corrected chi connectivity index (χ3v) is 3.09. The summed E-state index contributed by atoms with van der Waals surface area (Å²) < 4.78 is 27.6. The predicted molar refractivity (Wildman–Crippen MR) is 57.6 cm³/mol. The molecule has 6 heteroatoms. The molecular formula is C9H6ClNO3S. The highest BCUT2D eigenvalue weighted by atomic mass is 35.5. The molecule has 78 valence electrons. The molecule has 4 nitrogen and oxygen atoms in total. The van der Waals surface area contributed by atoms with Gasteiger partial charge >= 0.3 is 5.23 Å². The van der Waals surface area contributed by atoms with Crippen LogP contribution in [-0.4, -0.2) is 13.6 Å². The first-order valence-corrected chi connectivity index (χ1v) is 5.93. The van der Waals surface area contributed by atoms with E-state index >= 15 is 0 Å². The summed E-state index contributed by atoms with van der Waals surface area (Å²) in [4.78, 5) is 3.60. The Kier molecular flexibility index (Phi) is 2.50. The zero-order chi connectivity index (χ0) is 10.9. The van der Waals surface area contributed by atoms with Gasteiger partial charge in [-0.05, 0) is 24.3 Å². The summed E-state index contributed by atoms with van der Waals surface area (Å²) in [6.45, 7) is 0. The van der Waals surface area contributed by atoms with Crippen molar-refractivity contribution in [2.45, 2.75) is 0 Å². The van der Waals surface area contributed by atoms with Crippen molar-refractivity contribution in [3.8, 4) is 5.75 Å². The van der Waals surface area contributed by atoms with Crippen LogP contribution in [0, 0.1) is 0 Å². The van der Waals surface area contributed by atoms with Gasteiger partial charge in [0.25, 0.3) is 9.84 Å². The summed E-state index contributed by atoms with van der Waals surface area (Å²) in [5, 5.41) is 1.22. The molecule has 1 aromatic rings. The van der Waals surface area contributed by atoms with Gasteiger partial charge in [0.1, 0.15) is 5.75 Å². The van der Waals surface area contributed by atoms with E-state index in [0.29, 0.717) is 10.8 Å². The number of aliphatic imine (C=N–C) groups is 1. The van der Waals surface area contributed by atoms with Crippen molar-refractivity contribution >= 4 is 26.7 Å². The first-order valence-electron chi connectivity index (χ1n) is 4.01. The maximum Gasteiger partial charge on any atom is 0.319 e. The highest BCUT2D eigenvalue weighted by Crippen LogP contribution is 2.18. The van der Waals surface area contributed by atoms with Gasteiger partial charge in [-0.25, -0.2) is 13.4 Å². The molecule has 0 saturated carbocycles. The van der Waals surface area contributed by atoms with Crippen LogP contribution in [-0.2, 0) is 9.84 Å². The third kappa shape index (κ3) is 2.19. The van der Waals surface area contributed by atoms with E-state index in [-0.39, 0.29) is 5.23 Å². The smallest absolute Gasteiger partial charge is 0.319 e. The van der Waals surface area contributed by atoms with Crippen LogP contribution in [0.3, 0.4) is 0 Å². The number of ether oxygens (including phenoxy) is 1. The SMILES string of the molecule is O=S1(=O)C=CN=C1Oc1ccc(Cl)cc1. The van der Waals surface area contributed by atoms with E-state index in [0.717, 1.165) is 5.41 Å². The summed E-state index contributed by atoms with van der Waals surface area (Å²) in [6, 6.07) is 6.34. The molecule has 0 atom stereocenters. The molecule has 15 heavy (non-hydrogen) atoms. The highest BCUT2D eigenvalue weighted by molar-refractivity contribution is 8.08. The van der Waals surface area contributed by atoms with Gasteiger partial charge in [-0.1, -0.05) is 11.6 Å². The van der Waals surface area contributed by atoms with Crippen LogP contribution in [0.15, 0.2) is 40.9 Å². The number of benzene rings is 1. The highest BCUT2D eigenvalue weighted by Gasteiger charge is 2.22. The normalized spacial score (nSPS) is 17.5. The average molecular weight is 244 g/mol. The molecule has 1 aromatic carbocycles. The molecule has 2 rings (SSSR count). The van der Waals surface area contributed by atoms with E-state index in [1.54, 1.807) is 24.3 Å². The molecule has 0 N–H and O–H groups in total. The Morgan fingerprint density at radius 1 is 1.20 bits per heavy atom. The lowest BCUT2D eigenvalue weighted by atomic mass is 10.3. The summed E-state index contributed by atoms with van der Waals surface area (Å²) in [5.41, 5.74) is 0. The lowest BCUT2D eigenvalue weighted by molar-refractivity contribution is 0.550.